The van der Waals surface area contributed by atoms with E-state index in [4.69, 9.17) is 9.52 Å². The van der Waals surface area contributed by atoms with Gasteiger partial charge in [-0.05, 0) is 24.3 Å². The number of hydrogen-bond donors (Lipinski definition) is 2. The molecule has 0 radical (unpaired) electrons. The highest BCUT2D eigenvalue weighted by atomic mass is 19.1. The minimum absolute atomic E-state index is 0.160. The second-order valence-corrected chi connectivity index (χ2v) is 3.85. The van der Waals surface area contributed by atoms with Crippen molar-refractivity contribution in [3.8, 4) is 0 Å². The van der Waals surface area contributed by atoms with Gasteiger partial charge in [-0.3, -0.25) is 4.79 Å². The monoisotopic (exact) mass is 281 g/mol. The number of furan rings is 1. The van der Waals surface area contributed by atoms with Crippen LogP contribution in [0.2, 0.25) is 0 Å². The summed E-state index contributed by atoms with van der Waals surface area (Å²) in [6, 6.07) is 5.64. The Morgan fingerprint density at radius 2 is 1.80 bits per heavy atom. The van der Waals surface area contributed by atoms with Crippen LogP contribution >= 0.6 is 0 Å². The smallest absolute Gasteiger partial charge is 0.371 e. The number of benzene rings is 1. The number of carbonyl (C=O) groups is 2. The molecule has 1 aromatic heterocycles. The van der Waals surface area contributed by atoms with Crippen molar-refractivity contribution in [1.29, 1.82) is 0 Å². The number of hydrogen-bond acceptors (Lipinski definition) is 3. The van der Waals surface area contributed by atoms with Gasteiger partial charge in [0.2, 0.25) is 5.76 Å². The summed E-state index contributed by atoms with van der Waals surface area (Å²) in [5.74, 6) is -4.28. The Morgan fingerprint density at radius 1 is 1.15 bits per heavy atom. The lowest BCUT2D eigenvalue weighted by Gasteiger charge is -2.05. The van der Waals surface area contributed by atoms with Crippen molar-refractivity contribution in [2.24, 2.45) is 0 Å². The van der Waals surface area contributed by atoms with Gasteiger partial charge in [-0.15, -0.1) is 0 Å². The van der Waals surface area contributed by atoms with Crippen molar-refractivity contribution in [2.45, 2.75) is 6.54 Å². The molecule has 0 aliphatic carbocycles. The zero-order valence-electron chi connectivity index (χ0n) is 10.0. The molecule has 1 aromatic carbocycles. The predicted molar refractivity (Wildman–Crippen MR) is 63.2 cm³/mol. The molecule has 0 saturated heterocycles. The van der Waals surface area contributed by atoms with Crippen molar-refractivity contribution in [3.63, 3.8) is 0 Å². The third kappa shape index (κ3) is 2.82. The lowest BCUT2D eigenvalue weighted by atomic mass is 10.2. The van der Waals surface area contributed by atoms with Gasteiger partial charge < -0.3 is 14.8 Å². The highest BCUT2D eigenvalue weighted by molar-refractivity contribution is 5.94. The fourth-order valence-electron chi connectivity index (χ4n) is 1.56. The quantitative estimate of drug-likeness (QED) is 0.900. The van der Waals surface area contributed by atoms with Gasteiger partial charge >= 0.3 is 5.97 Å². The van der Waals surface area contributed by atoms with E-state index >= 15 is 0 Å². The molecule has 1 amide bonds. The largest absolute Gasteiger partial charge is 0.475 e. The van der Waals surface area contributed by atoms with Gasteiger partial charge in [0.15, 0.2) is 0 Å². The summed E-state index contributed by atoms with van der Waals surface area (Å²) in [7, 11) is 0. The first-order valence-corrected chi connectivity index (χ1v) is 5.53. The first-order valence-electron chi connectivity index (χ1n) is 5.53. The van der Waals surface area contributed by atoms with Gasteiger partial charge in [0.05, 0.1) is 6.54 Å². The molecule has 0 atom stereocenters. The summed E-state index contributed by atoms with van der Waals surface area (Å²) in [5, 5.41) is 10.9. The van der Waals surface area contributed by atoms with E-state index in [2.05, 4.69) is 5.32 Å². The highest BCUT2D eigenvalue weighted by Gasteiger charge is 2.17. The maximum atomic E-state index is 13.3. The topological polar surface area (TPSA) is 79.5 Å². The molecule has 0 saturated carbocycles. The van der Waals surface area contributed by atoms with Gasteiger partial charge in [0.25, 0.3) is 5.91 Å². The van der Waals surface area contributed by atoms with Crippen LogP contribution in [0.25, 0.3) is 0 Å². The van der Waals surface area contributed by atoms with Crippen molar-refractivity contribution in [2.75, 3.05) is 0 Å². The van der Waals surface area contributed by atoms with E-state index in [1.807, 2.05) is 0 Å². The average molecular weight is 281 g/mol. The number of carboxylic acid groups (broad SMARTS) is 1. The molecule has 5 nitrogen and oxygen atoms in total. The third-order valence-electron chi connectivity index (χ3n) is 2.49. The van der Waals surface area contributed by atoms with E-state index in [1.165, 1.54) is 12.1 Å². The molecular formula is C13H9F2NO4. The zero-order valence-corrected chi connectivity index (χ0v) is 10.0. The Balaban J connectivity index is 2.07. The second kappa shape index (κ2) is 5.52. The number of carboxylic acids is 1. The fourth-order valence-corrected chi connectivity index (χ4v) is 1.56. The molecule has 0 fully saturated rings. The predicted octanol–water partition coefficient (Wildman–Crippen LogP) is 2.19. The molecule has 104 valence electrons. The Bertz CT molecular complexity index is 646. The SMILES string of the molecule is O=C(O)c1ccc(CNC(=O)c2c(F)cccc2F)o1. The van der Waals surface area contributed by atoms with Crippen LogP contribution in [0.15, 0.2) is 34.7 Å². The molecule has 2 rings (SSSR count). The molecule has 7 heteroatoms. The van der Waals surface area contributed by atoms with Crippen LogP contribution in [0.3, 0.4) is 0 Å². The second-order valence-electron chi connectivity index (χ2n) is 3.85. The van der Waals surface area contributed by atoms with Gasteiger partial charge in [0, 0.05) is 0 Å². The van der Waals surface area contributed by atoms with Crippen LogP contribution in [0.5, 0.6) is 0 Å². The first-order chi connectivity index (χ1) is 9.49. The van der Waals surface area contributed by atoms with Crippen LogP contribution in [-0.4, -0.2) is 17.0 Å². The minimum atomic E-state index is -1.25. The molecule has 1 heterocycles. The molecule has 0 spiro atoms. The number of nitrogens with one attached hydrogen (secondary N) is 1. The van der Waals surface area contributed by atoms with E-state index in [0.29, 0.717) is 0 Å². The van der Waals surface area contributed by atoms with E-state index in [1.54, 1.807) is 0 Å². The standard InChI is InChI=1S/C13H9F2NO4/c14-8-2-1-3-9(15)11(8)12(17)16-6-7-4-5-10(20-7)13(18)19/h1-5H,6H2,(H,16,17)(H,18,19). The summed E-state index contributed by atoms with van der Waals surface area (Å²) >= 11 is 0. The van der Waals surface area contributed by atoms with E-state index in [9.17, 15) is 18.4 Å². The molecular weight excluding hydrogens is 272 g/mol. The van der Waals surface area contributed by atoms with Crippen LogP contribution in [0.4, 0.5) is 8.78 Å². The van der Waals surface area contributed by atoms with Crippen molar-refractivity contribution in [3.05, 3.63) is 59.1 Å². The molecule has 0 unspecified atom stereocenters. The maximum absolute atomic E-state index is 13.3. The van der Waals surface area contributed by atoms with Crippen molar-refractivity contribution < 1.29 is 27.9 Å². The minimum Gasteiger partial charge on any atom is -0.475 e. The van der Waals surface area contributed by atoms with Gasteiger partial charge in [-0.25, -0.2) is 13.6 Å². The fraction of sp³-hybridized carbons (Fsp3) is 0.0769. The van der Waals surface area contributed by atoms with Crippen molar-refractivity contribution >= 4 is 11.9 Å². The van der Waals surface area contributed by atoms with Crippen LogP contribution in [-0.2, 0) is 6.54 Å². The Morgan fingerprint density at radius 3 is 2.35 bits per heavy atom. The van der Waals surface area contributed by atoms with Gasteiger partial charge in [0.1, 0.15) is 23.0 Å². The Hall–Kier alpha value is -2.70. The van der Waals surface area contributed by atoms with Crippen molar-refractivity contribution in [1.82, 2.24) is 5.32 Å². The maximum Gasteiger partial charge on any atom is 0.371 e. The normalized spacial score (nSPS) is 10.3. The molecule has 0 aliphatic heterocycles. The van der Waals surface area contributed by atoms with Gasteiger partial charge in [-0.2, -0.15) is 0 Å². The molecule has 20 heavy (non-hydrogen) atoms. The number of carbonyl (C=O) groups excluding carboxylic acids is 1. The molecule has 2 aromatic rings. The summed E-state index contributed by atoms with van der Waals surface area (Å²) in [5.41, 5.74) is -0.697. The summed E-state index contributed by atoms with van der Waals surface area (Å²) in [4.78, 5) is 22.2. The average Bonchev–Trinajstić information content (AvgIpc) is 2.85. The summed E-state index contributed by atoms with van der Waals surface area (Å²) in [6.07, 6.45) is 0. The number of aromatic carboxylic acids is 1. The number of halogens is 2. The van der Waals surface area contributed by atoms with E-state index in [-0.39, 0.29) is 18.1 Å². The Kier molecular flexibility index (Phi) is 3.79. The highest BCUT2D eigenvalue weighted by Crippen LogP contribution is 2.12. The Labute approximate surface area is 111 Å². The number of amides is 1. The van der Waals surface area contributed by atoms with E-state index < -0.39 is 29.1 Å². The molecule has 2 N–H and O–H groups in total. The summed E-state index contributed by atoms with van der Waals surface area (Å²) in [6.45, 7) is -0.181. The summed E-state index contributed by atoms with van der Waals surface area (Å²) < 4.78 is 31.6. The molecule has 0 bridgehead atoms. The van der Waals surface area contributed by atoms with Gasteiger partial charge in [-0.1, -0.05) is 6.07 Å². The first kappa shape index (κ1) is 13.7. The lowest BCUT2D eigenvalue weighted by molar-refractivity contribution is 0.0660. The zero-order chi connectivity index (χ0) is 14.7. The molecule has 0 aliphatic rings. The van der Waals surface area contributed by atoms with Crippen LogP contribution < -0.4 is 5.32 Å². The third-order valence-corrected chi connectivity index (χ3v) is 2.49. The van der Waals surface area contributed by atoms with Crippen LogP contribution in [0.1, 0.15) is 26.7 Å². The van der Waals surface area contributed by atoms with E-state index in [0.717, 1.165) is 18.2 Å². The lowest BCUT2D eigenvalue weighted by Crippen LogP contribution is -2.24. The number of rotatable bonds is 4. The van der Waals surface area contributed by atoms with Crippen LogP contribution in [0, 0.1) is 11.6 Å².